The molecular formula is C12H23NO. The van der Waals surface area contributed by atoms with Gasteiger partial charge in [0.1, 0.15) is 5.78 Å². The second kappa shape index (κ2) is 5.50. The highest BCUT2D eigenvalue weighted by atomic mass is 16.1. The topological polar surface area (TPSA) is 20.3 Å². The Kier molecular flexibility index (Phi) is 4.59. The normalized spacial score (nSPS) is 21.1. The average molecular weight is 197 g/mol. The van der Waals surface area contributed by atoms with Crippen LogP contribution in [0.4, 0.5) is 0 Å². The number of piperidine rings is 1. The summed E-state index contributed by atoms with van der Waals surface area (Å²) in [6.45, 7) is 9.41. The van der Waals surface area contributed by atoms with E-state index in [9.17, 15) is 4.79 Å². The molecule has 0 aromatic rings. The third-order valence-electron chi connectivity index (χ3n) is 3.04. The molecule has 0 amide bonds. The zero-order valence-electron chi connectivity index (χ0n) is 9.75. The molecule has 1 heterocycles. The predicted molar refractivity (Wildman–Crippen MR) is 59.3 cm³/mol. The molecule has 2 nitrogen and oxygen atoms in total. The number of carbonyl (C=O) groups is 1. The second-order valence-corrected chi connectivity index (χ2v) is 4.82. The number of Topliss-reactive ketones (excluding diaryl/α,β-unsaturated/α-hetero) is 1. The molecule has 0 aliphatic carbocycles. The fraction of sp³-hybridized carbons (Fsp3) is 0.917. The molecule has 1 fully saturated rings. The Hall–Kier alpha value is -0.370. The molecule has 1 unspecified atom stereocenters. The molecule has 82 valence electrons. The average Bonchev–Trinajstić information content (AvgIpc) is 2.18. The van der Waals surface area contributed by atoms with Crippen molar-refractivity contribution in [3.8, 4) is 0 Å². The Balaban J connectivity index is 2.31. The van der Waals surface area contributed by atoms with Crippen molar-refractivity contribution < 1.29 is 4.79 Å². The molecule has 0 radical (unpaired) electrons. The van der Waals surface area contributed by atoms with Gasteiger partial charge in [0, 0.05) is 18.4 Å². The molecule has 1 atom stereocenters. The minimum Gasteiger partial charge on any atom is -0.303 e. The number of ketones is 1. The zero-order chi connectivity index (χ0) is 10.6. The monoisotopic (exact) mass is 197 g/mol. The highest BCUT2D eigenvalue weighted by molar-refractivity contribution is 5.82. The van der Waals surface area contributed by atoms with Crippen LogP contribution in [-0.2, 0) is 4.79 Å². The molecule has 2 heteroatoms. The van der Waals surface area contributed by atoms with Crippen molar-refractivity contribution in [3.63, 3.8) is 0 Å². The van der Waals surface area contributed by atoms with E-state index in [1.807, 2.05) is 13.8 Å². The molecule has 0 aromatic carbocycles. The highest BCUT2D eigenvalue weighted by Crippen LogP contribution is 2.13. The SMILES string of the molecule is CC(C)C(=O)C(C)CN1CCCCC1. The molecule has 1 aliphatic rings. The van der Waals surface area contributed by atoms with Gasteiger partial charge in [0.15, 0.2) is 0 Å². The molecule has 0 bridgehead atoms. The van der Waals surface area contributed by atoms with Crippen molar-refractivity contribution in [1.29, 1.82) is 0 Å². The molecule has 1 rings (SSSR count). The van der Waals surface area contributed by atoms with Crippen molar-refractivity contribution in [2.45, 2.75) is 40.0 Å². The van der Waals surface area contributed by atoms with Gasteiger partial charge in [-0.05, 0) is 25.9 Å². The summed E-state index contributed by atoms with van der Waals surface area (Å²) in [5.74, 6) is 0.818. The Bertz CT molecular complexity index is 183. The van der Waals surface area contributed by atoms with Crippen molar-refractivity contribution in [2.24, 2.45) is 11.8 Å². The van der Waals surface area contributed by atoms with Crippen LogP contribution in [0.5, 0.6) is 0 Å². The zero-order valence-corrected chi connectivity index (χ0v) is 9.75. The molecule has 1 aliphatic heterocycles. The summed E-state index contributed by atoms with van der Waals surface area (Å²) in [7, 11) is 0. The van der Waals surface area contributed by atoms with Gasteiger partial charge in [0.25, 0.3) is 0 Å². The Morgan fingerprint density at radius 1 is 1.14 bits per heavy atom. The smallest absolute Gasteiger partial charge is 0.139 e. The molecule has 1 saturated heterocycles. The number of hydrogen-bond donors (Lipinski definition) is 0. The first-order chi connectivity index (χ1) is 6.61. The van der Waals surface area contributed by atoms with Gasteiger partial charge in [-0.25, -0.2) is 0 Å². The predicted octanol–water partition coefficient (Wildman–Crippen LogP) is 2.33. The van der Waals surface area contributed by atoms with Crippen LogP contribution < -0.4 is 0 Å². The van der Waals surface area contributed by atoms with Gasteiger partial charge < -0.3 is 4.90 Å². The number of hydrogen-bond acceptors (Lipinski definition) is 2. The first kappa shape index (κ1) is 11.7. The Morgan fingerprint density at radius 3 is 2.21 bits per heavy atom. The lowest BCUT2D eigenvalue weighted by Crippen LogP contribution is -2.36. The quantitative estimate of drug-likeness (QED) is 0.689. The van der Waals surface area contributed by atoms with Crippen LogP contribution in [0.25, 0.3) is 0 Å². The Morgan fingerprint density at radius 2 is 1.71 bits per heavy atom. The van der Waals surface area contributed by atoms with Gasteiger partial charge in [0.05, 0.1) is 0 Å². The van der Waals surface area contributed by atoms with Crippen LogP contribution >= 0.6 is 0 Å². The maximum absolute atomic E-state index is 11.7. The van der Waals surface area contributed by atoms with Crippen molar-refractivity contribution >= 4 is 5.78 Å². The number of likely N-dealkylation sites (tertiary alicyclic amines) is 1. The van der Waals surface area contributed by atoms with Gasteiger partial charge in [-0.1, -0.05) is 27.2 Å². The first-order valence-electron chi connectivity index (χ1n) is 5.87. The van der Waals surface area contributed by atoms with E-state index >= 15 is 0 Å². The van der Waals surface area contributed by atoms with Crippen molar-refractivity contribution in [3.05, 3.63) is 0 Å². The largest absolute Gasteiger partial charge is 0.303 e. The first-order valence-corrected chi connectivity index (χ1v) is 5.87. The fourth-order valence-electron chi connectivity index (χ4n) is 2.19. The van der Waals surface area contributed by atoms with E-state index in [2.05, 4.69) is 11.8 Å². The lowest BCUT2D eigenvalue weighted by Gasteiger charge is -2.29. The van der Waals surface area contributed by atoms with E-state index in [1.54, 1.807) is 0 Å². The minimum absolute atomic E-state index is 0.190. The maximum Gasteiger partial charge on any atom is 0.139 e. The minimum atomic E-state index is 0.190. The lowest BCUT2D eigenvalue weighted by molar-refractivity contribution is -0.126. The van der Waals surface area contributed by atoms with Gasteiger partial charge >= 0.3 is 0 Å². The van der Waals surface area contributed by atoms with Gasteiger partial charge in [-0.3, -0.25) is 4.79 Å². The summed E-state index contributed by atoms with van der Waals surface area (Å²) in [4.78, 5) is 14.1. The van der Waals surface area contributed by atoms with Crippen LogP contribution in [0.1, 0.15) is 40.0 Å². The van der Waals surface area contributed by atoms with Crippen molar-refractivity contribution in [2.75, 3.05) is 19.6 Å². The lowest BCUT2D eigenvalue weighted by atomic mass is 9.96. The maximum atomic E-state index is 11.7. The van der Waals surface area contributed by atoms with E-state index in [0.717, 1.165) is 6.54 Å². The van der Waals surface area contributed by atoms with Crippen LogP contribution in [0.3, 0.4) is 0 Å². The van der Waals surface area contributed by atoms with Crippen molar-refractivity contribution in [1.82, 2.24) is 4.90 Å². The van der Waals surface area contributed by atoms with E-state index in [0.29, 0.717) is 5.78 Å². The molecular weight excluding hydrogens is 174 g/mol. The van der Waals surface area contributed by atoms with Crippen LogP contribution in [0.15, 0.2) is 0 Å². The van der Waals surface area contributed by atoms with E-state index in [-0.39, 0.29) is 11.8 Å². The third-order valence-corrected chi connectivity index (χ3v) is 3.04. The molecule has 0 spiro atoms. The summed E-state index contributed by atoms with van der Waals surface area (Å²) < 4.78 is 0. The molecule has 0 N–H and O–H groups in total. The molecule has 0 aromatic heterocycles. The van der Waals surface area contributed by atoms with Crippen LogP contribution in [0, 0.1) is 11.8 Å². The summed E-state index contributed by atoms with van der Waals surface area (Å²) in [5.41, 5.74) is 0. The standard InChI is InChI=1S/C12H23NO/c1-10(2)12(14)11(3)9-13-7-5-4-6-8-13/h10-11H,4-9H2,1-3H3. The summed E-state index contributed by atoms with van der Waals surface area (Å²) in [6, 6.07) is 0. The number of rotatable bonds is 4. The molecule has 0 saturated carbocycles. The van der Waals surface area contributed by atoms with Crippen LogP contribution in [0.2, 0.25) is 0 Å². The van der Waals surface area contributed by atoms with Gasteiger partial charge in [-0.2, -0.15) is 0 Å². The van der Waals surface area contributed by atoms with E-state index in [4.69, 9.17) is 0 Å². The number of nitrogens with zero attached hydrogens (tertiary/aromatic N) is 1. The van der Waals surface area contributed by atoms with E-state index < -0.39 is 0 Å². The molecule has 14 heavy (non-hydrogen) atoms. The van der Waals surface area contributed by atoms with Gasteiger partial charge in [0.2, 0.25) is 0 Å². The Labute approximate surface area is 87.7 Å². The van der Waals surface area contributed by atoms with E-state index in [1.165, 1.54) is 32.4 Å². The summed E-state index contributed by atoms with van der Waals surface area (Å²) in [5, 5.41) is 0. The summed E-state index contributed by atoms with van der Waals surface area (Å²) >= 11 is 0. The second-order valence-electron chi connectivity index (χ2n) is 4.82. The summed E-state index contributed by atoms with van der Waals surface area (Å²) in [6.07, 6.45) is 3.98. The van der Waals surface area contributed by atoms with Crippen LogP contribution in [-0.4, -0.2) is 30.3 Å². The number of carbonyl (C=O) groups excluding carboxylic acids is 1. The highest BCUT2D eigenvalue weighted by Gasteiger charge is 2.20. The fourth-order valence-corrected chi connectivity index (χ4v) is 2.19. The third kappa shape index (κ3) is 3.41. The van der Waals surface area contributed by atoms with Gasteiger partial charge in [-0.15, -0.1) is 0 Å².